The Morgan fingerprint density at radius 2 is 1.18 bits per heavy atom. The monoisotopic (exact) mass is 365 g/mol. The molecule has 0 saturated carbocycles. The Morgan fingerprint density at radius 3 is 1.68 bits per heavy atom. The molecule has 0 atom stereocenters. The summed E-state index contributed by atoms with van der Waals surface area (Å²) in [6.07, 6.45) is 0. The molecule has 0 aliphatic rings. The third kappa shape index (κ3) is 3.97. The Balaban J connectivity index is 2.18. The summed E-state index contributed by atoms with van der Waals surface area (Å²) < 4.78 is 0. The Hall–Kier alpha value is -3.77. The maximum atomic E-state index is 13.2. The maximum absolute atomic E-state index is 13.2. The molecule has 3 aromatic rings. The van der Waals surface area contributed by atoms with Crippen molar-refractivity contribution < 1.29 is 9.59 Å². The molecule has 0 heterocycles. The van der Waals surface area contributed by atoms with Gasteiger partial charge in [0.05, 0.1) is 11.1 Å². The van der Waals surface area contributed by atoms with Crippen molar-refractivity contribution in [2.75, 3.05) is 0 Å². The van der Waals surface area contributed by atoms with E-state index in [-0.39, 0.29) is 11.1 Å². The molecule has 0 radical (unpaired) electrons. The lowest BCUT2D eigenvalue weighted by Crippen LogP contribution is -2.17. The number of hydrogen-bond donors (Lipinski definition) is 0. The summed E-state index contributed by atoms with van der Waals surface area (Å²) in [7, 11) is 0. The quantitative estimate of drug-likeness (QED) is 0.205. The first kappa shape index (κ1) is 19.0. The maximum Gasteiger partial charge on any atom is 0.235 e. The van der Waals surface area contributed by atoms with Crippen LogP contribution in [0.2, 0.25) is 0 Å². The number of nitrogens with zero attached hydrogens (tertiary/aromatic N) is 1. The zero-order chi connectivity index (χ0) is 20.1. The second kappa shape index (κ2) is 8.28. The summed E-state index contributed by atoms with van der Waals surface area (Å²) in [5, 5.41) is 9.83. The molecule has 136 valence electrons. The van der Waals surface area contributed by atoms with Gasteiger partial charge in [-0.05, 0) is 25.0 Å². The second-order valence-electron chi connectivity index (χ2n) is 6.62. The predicted molar refractivity (Wildman–Crippen MR) is 111 cm³/mol. The average Bonchev–Trinajstić information content (AvgIpc) is 2.73. The summed E-state index contributed by atoms with van der Waals surface area (Å²) in [6.45, 7) is 3.85. The van der Waals surface area contributed by atoms with Gasteiger partial charge in [-0.1, -0.05) is 90.0 Å². The topological polar surface area (TPSA) is 57.9 Å². The minimum atomic E-state index is -0.687. The molecule has 3 rings (SSSR count). The van der Waals surface area contributed by atoms with E-state index < -0.39 is 11.6 Å². The van der Waals surface area contributed by atoms with Crippen LogP contribution in [-0.2, 0) is 4.79 Å². The van der Waals surface area contributed by atoms with Crippen molar-refractivity contribution in [1.82, 2.24) is 0 Å². The summed E-state index contributed by atoms with van der Waals surface area (Å²) in [4.78, 5) is 26.1. The predicted octanol–water partition coefficient (Wildman–Crippen LogP) is 5.19. The molecule has 3 heteroatoms. The minimum Gasteiger partial charge on any atom is -0.285 e. The largest absolute Gasteiger partial charge is 0.285 e. The van der Waals surface area contributed by atoms with E-state index in [9.17, 15) is 14.9 Å². The van der Waals surface area contributed by atoms with E-state index in [4.69, 9.17) is 0 Å². The van der Waals surface area contributed by atoms with Crippen LogP contribution in [0.15, 0.2) is 78.9 Å². The highest BCUT2D eigenvalue weighted by Crippen LogP contribution is 2.28. The van der Waals surface area contributed by atoms with Crippen molar-refractivity contribution in [3.05, 3.63) is 107 Å². The molecule has 0 aliphatic heterocycles. The molecule has 0 aromatic heterocycles. The third-order valence-corrected chi connectivity index (χ3v) is 4.51. The zero-order valence-electron chi connectivity index (χ0n) is 15.8. The first-order valence-corrected chi connectivity index (χ1v) is 8.94. The fourth-order valence-electron chi connectivity index (χ4n) is 2.93. The number of benzene rings is 3. The highest BCUT2D eigenvalue weighted by molar-refractivity contribution is 6.60. The molecule has 3 aromatic carbocycles. The van der Waals surface area contributed by atoms with Gasteiger partial charge in [-0.2, -0.15) is 5.26 Å². The normalized spacial score (nSPS) is 11.3. The molecule has 0 spiro atoms. The van der Waals surface area contributed by atoms with Crippen LogP contribution in [0.5, 0.6) is 0 Å². The molecule has 0 bridgehead atoms. The van der Waals surface area contributed by atoms with Crippen LogP contribution in [0.25, 0.3) is 11.1 Å². The highest BCUT2D eigenvalue weighted by Gasteiger charge is 2.26. The smallest absolute Gasteiger partial charge is 0.235 e. The van der Waals surface area contributed by atoms with E-state index >= 15 is 0 Å². The number of hydrogen-bond acceptors (Lipinski definition) is 3. The molecule has 0 unspecified atom stereocenters. The lowest BCUT2D eigenvalue weighted by atomic mass is 9.89. The fourth-order valence-corrected chi connectivity index (χ4v) is 2.93. The van der Waals surface area contributed by atoms with Crippen LogP contribution < -0.4 is 0 Å². The Kier molecular flexibility index (Phi) is 5.62. The number of nitriles is 1. The van der Waals surface area contributed by atoms with Gasteiger partial charge >= 0.3 is 0 Å². The van der Waals surface area contributed by atoms with E-state index in [2.05, 4.69) is 6.07 Å². The fraction of sp³-hybridized carbons (Fsp3) is 0.0800. The molecular weight excluding hydrogens is 346 g/mol. The van der Waals surface area contributed by atoms with Crippen molar-refractivity contribution in [3.8, 4) is 6.07 Å². The van der Waals surface area contributed by atoms with E-state index in [0.29, 0.717) is 16.7 Å². The first-order valence-electron chi connectivity index (χ1n) is 8.94. The number of Topliss-reactive ketones (excluding diaryl/α,β-unsaturated/α-hetero) is 2. The SMILES string of the molecule is Cc1ccc(C(=O)C(=O)/C(=C(/C#N)c2ccccc2)c2ccc(C)cc2)cc1. The van der Waals surface area contributed by atoms with Gasteiger partial charge in [0.25, 0.3) is 0 Å². The van der Waals surface area contributed by atoms with E-state index in [1.807, 2.05) is 32.0 Å². The van der Waals surface area contributed by atoms with Crippen molar-refractivity contribution >= 4 is 22.7 Å². The molecule has 0 amide bonds. The van der Waals surface area contributed by atoms with Crippen LogP contribution >= 0.6 is 0 Å². The lowest BCUT2D eigenvalue weighted by Gasteiger charge is -2.11. The molecule has 3 nitrogen and oxygen atoms in total. The number of carbonyl (C=O) groups excluding carboxylic acids is 2. The van der Waals surface area contributed by atoms with Gasteiger partial charge in [-0.25, -0.2) is 0 Å². The number of allylic oxidation sites excluding steroid dienone is 2. The van der Waals surface area contributed by atoms with Crippen molar-refractivity contribution in [3.63, 3.8) is 0 Å². The van der Waals surface area contributed by atoms with Crippen LogP contribution in [-0.4, -0.2) is 11.6 Å². The molecule has 0 fully saturated rings. The van der Waals surface area contributed by atoms with E-state index in [1.165, 1.54) is 0 Å². The van der Waals surface area contributed by atoms with Crippen molar-refractivity contribution in [2.45, 2.75) is 13.8 Å². The molecule has 28 heavy (non-hydrogen) atoms. The second-order valence-corrected chi connectivity index (χ2v) is 6.62. The summed E-state index contributed by atoms with van der Waals surface area (Å²) in [5.74, 6) is -1.31. The van der Waals surface area contributed by atoms with Gasteiger partial charge in [-0.3, -0.25) is 9.59 Å². The number of carbonyl (C=O) groups is 2. The third-order valence-electron chi connectivity index (χ3n) is 4.51. The summed E-state index contributed by atoms with van der Waals surface area (Å²) in [6, 6.07) is 25.2. The number of rotatable bonds is 5. The number of aryl methyl sites for hydroxylation is 2. The Labute approximate surface area is 164 Å². The molecular formula is C25H19NO2. The van der Waals surface area contributed by atoms with Crippen LogP contribution in [0, 0.1) is 25.2 Å². The average molecular weight is 365 g/mol. The summed E-state index contributed by atoms with van der Waals surface area (Å²) in [5.41, 5.74) is 3.81. The standard InChI is InChI=1S/C25H19NO2/c1-17-8-12-20(13-9-17)23(22(16-26)19-6-4-3-5-7-19)25(28)24(27)21-14-10-18(2)11-15-21/h3-15H,1-2H3/b23-22-. The van der Waals surface area contributed by atoms with Gasteiger partial charge in [0.15, 0.2) is 0 Å². The van der Waals surface area contributed by atoms with Crippen LogP contribution in [0.4, 0.5) is 0 Å². The molecule has 0 aliphatic carbocycles. The van der Waals surface area contributed by atoms with Gasteiger partial charge in [0.2, 0.25) is 11.6 Å². The van der Waals surface area contributed by atoms with Gasteiger partial charge in [0, 0.05) is 5.56 Å². The first-order chi connectivity index (χ1) is 13.5. The molecule has 0 saturated heterocycles. The lowest BCUT2D eigenvalue weighted by molar-refractivity contribution is -0.110. The zero-order valence-corrected chi connectivity index (χ0v) is 15.8. The highest BCUT2D eigenvalue weighted by atomic mass is 16.2. The number of ketones is 2. The van der Waals surface area contributed by atoms with Gasteiger partial charge < -0.3 is 0 Å². The summed E-state index contributed by atoms with van der Waals surface area (Å²) >= 11 is 0. The van der Waals surface area contributed by atoms with E-state index in [0.717, 1.165) is 11.1 Å². The van der Waals surface area contributed by atoms with Gasteiger partial charge in [-0.15, -0.1) is 0 Å². The van der Waals surface area contributed by atoms with Crippen molar-refractivity contribution in [1.29, 1.82) is 5.26 Å². The van der Waals surface area contributed by atoms with Crippen LogP contribution in [0.1, 0.15) is 32.6 Å². The molecule has 0 N–H and O–H groups in total. The Bertz CT molecular complexity index is 1080. The Morgan fingerprint density at radius 1 is 0.679 bits per heavy atom. The van der Waals surface area contributed by atoms with Crippen molar-refractivity contribution in [2.24, 2.45) is 0 Å². The minimum absolute atomic E-state index is 0.124. The van der Waals surface area contributed by atoms with Gasteiger partial charge in [0.1, 0.15) is 6.07 Å². The van der Waals surface area contributed by atoms with Crippen LogP contribution in [0.3, 0.4) is 0 Å². The van der Waals surface area contributed by atoms with E-state index in [1.54, 1.807) is 60.7 Å².